The Bertz CT molecular complexity index is 549. The Morgan fingerprint density at radius 2 is 1.47 bits per heavy atom. The van der Waals surface area contributed by atoms with Gasteiger partial charge in [0.05, 0.1) is 0 Å². The summed E-state index contributed by atoms with van der Waals surface area (Å²) in [7, 11) is 0. The minimum Gasteiger partial charge on any atom is -0.306 e. The molecule has 0 spiro atoms. The van der Waals surface area contributed by atoms with Gasteiger partial charge in [-0.2, -0.15) is 0 Å². The van der Waals surface area contributed by atoms with Gasteiger partial charge in [0, 0.05) is 23.7 Å². The maximum Gasteiger partial charge on any atom is 0.130 e. The molecule has 1 nitrogen and oxygen atoms in total. The Morgan fingerprint density at radius 1 is 0.895 bits per heavy atom. The van der Waals surface area contributed by atoms with Gasteiger partial charge in [0.25, 0.3) is 0 Å². The minimum atomic E-state index is -0.603. The monoisotopic (exact) mass is 265 g/mol. The topological polar surface area (TPSA) is 12.0 Å². The van der Waals surface area contributed by atoms with Gasteiger partial charge in [0.15, 0.2) is 0 Å². The Balaban J connectivity index is 2.10. The molecule has 1 unspecified atom stereocenters. The standard InChI is InChI=1S/C15H14F3N/c1-10(15-13(17)7-4-8-14(15)18)19-9-11-5-2-3-6-12(11)16/h2-8,10,19H,9H2,1H3. The van der Waals surface area contributed by atoms with Crippen LogP contribution >= 0.6 is 0 Å². The molecule has 2 aromatic rings. The molecule has 0 bridgehead atoms. The molecule has 1 atom stereocenters. The van der Waals surface area contributed by atoms with Crippen molar-refractivity contribution in [3.05, 3.63) is 71.0 Å². The second-order valence-corrected chi connectivity index (χ2v) is 4.33. The van der Waals surface area contributed by atoms with E-state index in [1.54, 1.807) is 25.1 Å². The summed E-state index contributed by atoms with van der Waals surface area (Å²) in [5.41, 5.74) is 0.435. The Hall–Kier alpha value is -1.81. The summed E-state index contributed by atoms with van der Waals surface area (Å²) in [6.45, 7) is 1.85. The molecule has 4 heteroatoms. The van der Waals surface area contributed by atoms with Crippen LogP contribution in [0.15, 0.2) is 42.5 Å². The molecule has 2 aromatic carbocycles. The zero-order chi connectivity index (χ0) is 13.8. The molecule has 0 aliphatic carbocycles. The molecule has 100 valence electrons. The lowest BCUT2D eigenvalue weighted by atomic mass is 10.1. The van der Waals surface area contributed by atoms with Gasteiger partial charge < -0.3 is 5.32 Å². The molecular formula is C15H14F3N. The molecule has 0 saturated carbocycles. The molecule has 0 aliphatic rings. The summed E-state index contributed by atoms with van der Waals surface area (Å²) in [5.74, 6) is -1.54. The number of halogens is 3. The van der Waals surface area contributed by atoms with Crippen LogP contribution in [0.25, 0.3) is 0 Å². The smallest absolute Gasteiger partial charge is 0.130 e. The van der Waals surface area contributed by atoms with Crippen LogP contribution < -0.4 is 5.32 Å². The highest BCUT2D eigenvalue weighted by molar-refractivity contribution is 5.23. The maximum atomic E-state index is 13.6. The second kappa shape index (κ2) is 5.89. The van der Waals surface area contributed by atoms with Crippen molar-refractivity contribution in [3.63, 3.8) is 0 Å². The van der Waals surface area contributed by atoms with Crippen LogP contribution in [-0.2, 0) is 6.54 Å². The Kier molecular flexibility index (Phi) is 4.22. The summed E-state index contributed by atoms with van der Waals surface area (Å²) >= 11 is 0. The number of hydrogen-bond acceptors (Lipinski definition) is 1. The third-order valence-corrected chi connectivity index (χ3v) is 2.99. The highest BCUT2D eigenvalue weighted by atomic mass is 19.1. The SMILES string of the molecule is CC(NCc1ccccc1F)c1c(F)cccc1F. The lowest BCUT2D eigenvalue weighted by Crippen LogP contribution is -2.21. The van der Waals surface area contributed by atoms with E-state index in [0.717, 1.165) is 0 Å². The van der Waals surface area contributed by atoms with E-state index in [2.05, 4.69) is 5.32 Å². The van der Waals surface area contributed by atoms with E-state index in [4.69, 9.17) is 0 Å². The van der Waals surface area contributed by atoms with Crippen molar-refractivity contribution >= 4 is 0 Å². The van der Waals surface area contributed by atoms with Gasteiger partial charge in [-0.3, -0.25) is 0 Å². The zero-order valence-corrected chi connectivity index (χ0v) is 10.5. The molecule has 0 amide bonds. The zero-order valence-electron chi connectivity index (χ0n) is 10.5. The average Bonchev–Trinajstić information content (AvgIpc) is 2.37. The van der Waals surface area contributed by atoms with Crippen LogP contribution in [0.1, 0.15) is 24.1 Å². The summed E-state index contributed by atoms with van der Waals surface area (Å²) in [5, 5.41) is 2.92. The van der Waals surface area contributed by atoms with Crippen LogP contribution in [-0.4, -0.2) is 0 Å². The molecule has 0 heterocycles. The third-order valence-electron chi connectivity index (χ3n) is 2.99. The van der Waals surface area contributed by atoms with Crippen molar-refractivity contribution in [3.8, 4) is 0 Å². The van der Waals surface area contributed by atoms with Crippen LogP contribution in [0, 0.1) is 17.5 Å². The largest absolute Gasteiger partial charge is 0.306 e. The van der Waals surface area contributed by atoms with Gasteiger partial charge in [0.2, 0.25) is 0 Å². The van der Waals surface area contributed by atoms with Crippen LogP contribution in [0.2, 0.25) is 0 Å². The minimum absolute atomic E-state index is 0.0289. The molecule has 0 aliphatic heterocycles. The molecule has 19 heavy (non-hydrogen) atoms. The maximum absolute atomic E-state index is 13.6. The van der Waals surface area contributed by atoms with Crippen LogP contribution in [0.3, 0.4) is 0 Å². The highest BCUT2D eigenvalue weighted by Gasteiger charge is 2.15. The van der Waals surface area contributed by atoms with E-state index < -0.39 is 17.7 Å². The van der Waals surface area contributed by atoms with Crippen molar-refractivity contribution < 1.29 is 13.2 Å². The first-order valence-corrected chi connectivity index (χ1v) is 6.00. The van der Waals surface area contributed by atoms with Crippen molar-refractivity contribution in [1.82, 2.24) is 5.32 Å². The first-order chi connectivity index (χ1) is 9.09. The van der Waals surface area contributed by atoms with Gasteiger partial charge in [0.1, 0.15) is 17.5 Å². The predicted octanol–water partition coefficient (Wildman–Crippen LogP) is 3.95. The lowest BCUT2D eigenvalue weighted by molar-refractivity contribution is 0.481. The van der Waals surface area contributed by atoms with E-state index in [1.165, 1.54) is 24.3 Å². The average molecular weight is 265 g/mol. The van der Waals surface area contributed by atoms with Crippen molar-refractivity contribution in [2.45, 2.75) is 19.5 Å². The van der Waals surface area contributed by atoms with Gasteiger partial charge in [-0.25, -0.2) is 13.2 Å². The van der Waals surface area contributed by atoms with E-state index in [9.17, 15) is 13.2 Å². The second-order valence-electron chi connectivity index (χ2n) is 4.33. The number of hydrogen-bond donors (Lipinski definition) is 1. The first kappa shape index (κ1) is 13.6. The molecule has 0 aromatic heterocycles. The fourth-order valence-corrected chi connectivity index (χ4v) is 1.93. The number of nitrogens with one attached hydrogen (secondary N) is 1. The van der Waals surface area contributed by atoms with E-state index in [-0.39, 0.29) is 17.9 Å². The van der Waals surface area contributed by atoms with Gasteiger partial charge in [-0.15, -0.1) is 0 Å². The van der Waals surface area contributed by atoms with Crippen molar-refractivity contribution in [1.29, 1.82) is 0 Å². The molecule has 2 rings (SSSR count). The predicted molar refractivity (Wildman–Crippen MR) is 68.0 cm³/mol. The summed E-state index contributed by atoms with van der Waals surface area (Å²) in [6.07, 6.45) is 0. The summed E-state index contributed by atoms with van der Waals surface area (Å²) in [6, 6.07) is 9.49. The quantitative estimate of drug-likeness (QED) is 0.882. The molecule has 0 radical (unpaired) electrons. The number of rotatable bonds is 4. The Labute approximate surface area is 110 Å². The van der Waals surface area contributed by atoms with Crippen molar-refractivity contribution in [2.75, 3.05) is 0 Å². The van der Waals surface area contributed by atoms with Crippen LogP contribution in [0.4, 0.5) is 13.2 Å². The lowest BCUT2D eigenvalue weighted by Gasteiger charge is -2.16. The van der Waals surface area contributed by atoms with Crippen molar-refractivity contribution in [2.24, 2.45) is 0 Å². The molecule has 1 N–H and O–H groups in total. The summed E-state index contributed by atoms with van der Waals surface area (Å²) in [4.78, 5) is 0. The highest BCUT2D eigenvalue weighted by Crippen LogP contribution is 2.20. The molecule has 0 fully saturated rings. The van der Waals surface area contributed by atoms with Gasteiger partial charge in [-0.05, 0) is 25.1 Å². The summed E-state index contributed by atoms with van der Waals surface area (Å²) < 4.78 is 40.5. The van der Waals surface area contributed by atoms with Gasteiger partial charge >= 0.3 is 0 Å². The third kappa shape index (κ3) is 3.15. The number of benzene rings is 2. The van der Waals surface area contributed by atoms with E-state index >= 15 is 0 Å². The first-order valence-electron chi connectivity index (χ1n) is 6.00. The molecular weight excluding hydrogens is 251 g/mol. The molecule has 0 saturated heterocycles. The normalized spacial score (nSPS) is 12.4. The fourth-order valence-electron chi connectivity index (χ4n) is 1.93. The fraction of sp³-hybridized carbons (Fsp3) is 0.200. The Morgan fingerprint density at radius 3 is 2.11 bits per heavy atom. The van der Waals surface area contributed by atoms with Crippen LogP contribution in [0.5, 0.6) is 0 Å². The van der Waals surface area contributed by atoms with E-state index in [1.807, 2.05) is 0 Å². The van der Waals surface area contributed by atoms with Gasteiger partial charge in [-0.1, -0.05) is 24.3 Å². The van der Waals surface area contributed by atoms with E-state index in [0.29, 0.717) is 5.56 Å².